The lowest BCUT2D eigenvalue weighted by atomic mass is 10.1. The Kier molecular flexibility index (Phi) is 6.93. The summed E-state index contributed by atoms with van der Waals surface area (Å²) in [6.07, 6.45) is 3.41. The highest BCUT2D eigenvalue weighted by Gasteiger charge is 2.12. The van der Waals surface area contributed by atoms with Gasteiger partial charge in [-0.2, -0.15) is 0 Å². The number of aromatic hydroxyl groups is 1. The van der Waals surface area contributed by atoms with Crippen molar-refractivity contribution in [3.63, 3.8) is 0 Å². The quantitative estimate of drug-likeness (QED) is 0.575. The monoisotopic (exact) mass is 268 g/mol. The van der Waals surface area contributed by atoms with Gasteiger partial charge in [-0.05, 0) is 30.7 Å². The number of benzene rings is 1. The summed E-state index contributed by atoms with van der Waals surface area (Å²) < 4.78 is 18.3. The van der Waals surface area contributed by atoms with Crippen LogP contribution in [-0.4, -0.2) is 23.9 Å². The number of unbranched alkanes of at least 4 members (excludes halogenated alkanes) is 3. The zero-order valence-corrected chi connectivity index (χ0v) is 11.3. The highest BCUT2D eigenvalue weighted by Crippen LogP contribution is 2.12. The largest absolute Gasteiger partial charge is 0.508 e. The van der Waals surface area contributed by atoms with Crippen molar-refractivity contribution in [2.24, 2.45) is 0 Å². The fourth-order valence-corrected chi connectivity index (χ4v) is 1.72. The molecule has 0 saturated carbocycles. The number of hydrogen-bond acceptors (Lipinski definition) is 3. The highest BCUT2D eigenvalue weighted by molar-refractivity contribution is 5.89. The second-order valence-electron chi connectivity index (χ2n) is 4.59. The van der Waals surface area contributed by atoms with Gasteiger partial charge in [0.05, 0.1) is 5.56 Å². The Hall–Kier alpha value is -1.58. The molecule has 1 atom stereocenters. The van der Waals surface area contributed by atoms with Crippen molar-refractivity contribution >= 4 is 5.97 Å². The number of alkyl halides is 1. The first-order valence-corrected chi connectivity index (χ1v) is 6.73. The first-order chi connectivity index (χ1) is 9.13. The van der Waals surface area contributed by atoms with Crippen LogP contribution in [0.15, 0.2) is 24.3 Å². The standard InChI is InChI=1S/C15H21FO3/c1-2-3-4-5-6-13(16)11-19-15(18)12-7-9-14(17)10-8-12/h7-10,13,17H,2-6,11H2,1H3. The number of carbonyl (C=O) groups is 1. The first-order valence-electron chi connectivity index (χ1n) is 6.73. The predicted octanol–water partition coefficient (Wildman–Crippen LogP) is 3.86. The molecule has 0 saturated heterocycles. The molecule has 0 aromatic heterocycles. The van der Waals surface area contributed by atoms with Crippen LogP contribution in [0.5, 0.6) is 5.75 Å². The Morgan fingerprint density at radius 3 is 2.58 bits per heavy atom. The maximum atomic E-state index is 13.5. The maximum Gasteiger partial charge on any atom is 0.338 e. The fraction of sp³-hybridized carbons (Fsp3) is 0.533. The van der Waals surface area contributed by atoms with Crippen LogP contribution in [0.25, 0.3) is 0 Å². The summed E-state index contributed by atoms with van der Waals surface area (Å²) in [7, 11) is 0. The lowest BCUT2D eigenvalue weighted by Gasteiger charge is -2.09. The van der Waals surface area contributed by atoms with Crippen molar-refractivity contribution in [2.75, 3.05) is 6.61 Å². The van der Waals surface area contributed by atoms with Gasteiger partial charge in [0, 0.05) is 0 Å². The normalized spacial score (nSPS) is 12.1. The summed E-state index contributed by atoms with van der Waals surface area (Å²) >= 11 is 0. The van der Waals surface area contributed by atoms with E-state index in [4.69, 9.17) is 9.84 Å². The van der Waals surface area contributed by atoms with Crippen molar-refractivity contribution < 1.29 is 19.0 Å². The fourth-order valence-electron chi connectivity index (χ4n) is 1.72. The number of ether oxygens (including phenoxy) is 1. The van der Waals surface area contributed by atoms with Crippen LogP contribution in [0.2, 0.25) is 0 Å². The van der Waals surface area contributed by atoms with E-state index in [1.54, 1.807) is 0 Å². The van der Waals surface area contributed by atoms with Gasteiger partial charge in [-0.1, -0.05) is 32.6 Å². The van der Waals surface area contributed by atoms with Gasteiger partial charge in [-0.15, -0.1) is 0 Å². The Balaban J connectivity index is 2.24. The molecule has 1 aromatic rings. The molecule has 0 spiro atoms. The van der Waals surface area contributed by atoms with Crippen LogP contribution in [0, 0.1) is 0 Å². The molecular formula is C15H21FO3. The van der Waals surface area contributed by atoms with E-state index in [9.17, 15) is 9.18 Å². The van der Waals surface area contributed by atoms with Crippen molar-refractivity contribution in [1.29, 1.82) is 0 Å². The van der Waals surface area contributed by atoms with E-state index in [2.05, 4.69) is 6.92 Å². The minimum Gasteiger partial charge on any atom is -0.508 e. The molecule has 0 aliphatic heterocycles. The number of phenols is 1. The summed E-state index contributed by atoms with van der Waals surface area (Å²) in [5.74, 6) is -0.480. The van der Waals surface area contributed by atoms with Crippen LogP contribution in [0.3, 0.4) is 0 Å². The lowest BCUT2D eigenvalue weighted by molar-refractivity contribution is 0.0389. The molecule has 0 radical (unpaired) electrons. The van der Waals surface area contributed by atoms with Gasteiger partial charge >= 0.3 is 5.97 Å². The third-order valence-corrected chi connectivity index (χ3v) is 2.87. The Bertz CT molecular complexity index is 375. The SMILES string of the molecule is CCCCCCC(F)COC(=O)c1ccc(O)cc1. The number of halogens is 1. The lowest BCUT2D eigenvalue weighted by Crippen LogP contribution is -2.15. The van der Waals surface area contributed by atoms with Crippen LogP contribution >= 0.6 is 0 Å². The third-order valence-electron chi connectivity index (χ3n) is 2.87. The van der Waals surface area contributed by atoms with Gasteiger partial charge in [0.1, 0.15) is 18.5 Å². The van der Waals surface area contributed by atoms with Crippen LogP contribution in [0.4, 0.5) is 4.39 Å². The van der Waals surface area contributed by atoms with Crippen LogP contribution in [0.1, 0.15) is 49.4 Å². The minimum absolute atomic E-state index is 0.0795. The average molecular weight is 268 g/mol. The molecule has 4 heteroatoms. The van der Waals surface area contributed by atoms with Gasteiger partial charge < -0.3 is 9.84 Å². The molecule has 3 nitrogen and oxygen atoms in total. The second-order valence-corrected chi connectivity index (χ2v) is 4.59. The van der Waals surface area contributed by atoms with E-state index in [-0.39, 0.29) is 12.4 Å². The molecule has 0 fully saturated rings. The van der Waals surface area contributed by atoms with Crippen molar-refractivity contribution in [2.45, 2.75) is 45.2 Å². The predicted molar refractivity (Wildman–Crippen MR) is 72.0 cm³/mol. The summed E-state index contributed by atoms with van der Waals surface area (Å²) in [6, 6.07) is 5.70. The molecule has 0 amide bonds. The van der Waals surface area contributed by atoms with E-state index < -0.39 is 12.1 Å². The van der Waals surface area contributed by atoms with Gasteiger partial charge in [0.2, 0.25) is 0 Å². The van der Waals surface area contributed by atoms with E-state index in [0.29, 0.717) is 12.0 Å². The Morgan fingerprint density at radius 2 is 1.95 bits per heavy atom. The van der Waals surface area contributed by atoms with Crippen molar-refractivity contribution in [1.82, 2.24) is 0 Å². The highest BCUT2D eigenvalue weighted by atomic mass is 19.1. The molecule has 1 N–H and O–H groups in total. The van der Waals surface area contributed by atoms with Gasteiger partial charge in [-0.25, -0.2) is 9.18 Å². The number of carbonyl (C=O) groups excluding carboxylic acids is 1. The summed E-state index contributed by atoms with van der Waals surface area (Å²) in [5, 5.41) is 9.09. The summed E-state index contributed by atoms with van der Waals surface area (Å²) in [6.45, 7) is 1.90. The molecule has 0 aliphatic rings. The third kappa shape index (κ3) is 6.22. The summed E-state index contributed by atoms with van der Waals surface area (Å²) in [4.78, 5) is 11.6. The Morgan fingerprint density at radius 1 is 1.26 bits per heavy atom. The second kappa shape index (κ2) is 8.51. The molecule has 0 aliphatic carbocycles. The number of rotatable bonds is 8. The molecule has 0 bridgehead atoms. The number of hydrogen-bond donors (Lipinski definition) is 1. The molecular weight excluding hydrogens is 247 g/mol. The average Bonchev–Trinajstić information content (AvgIpc) is 2.42. The van der Waals surface area contributed by atoms with E-state index in [1.807, 2.05) is 0 Å². The molecule has 1 aromatic carbocycles. The molecule has 106 valence electrons. The zero-order valence-electron chi connectivity index (χ0n) is 11.3. The van der Waals surface area contributed by atoms with Crippen LogP contribution < -0.4 is 0 Å². The van der Waals surface area contributed by atoms with E-state index >= 15 is 0 Å². The van der Waals surface area contributed by atoms with E-state index in [0.717, 1.165) is 25.7 Å². The molecule has 0 heterocycles. The summed E-state index contributed by atoms with van der Waals surface area (Å²) in [5.41, 5.74) is 0.316. The van der Waals surface area contributed by atoms with Gasteiger partial charge in [-0.3, -0.25) is 0 Å². The molecule has 19 heavy (non-hydrogen) atoms. The number of phenolic OH excluding ortho intramolecular Hbond substituents is 1. The number of esters is 1. The van der Waals surface area contributed by atoms with E-state index in [1.165, 1.54) is 24.3 Å². The topological polar surface area (TPSA) is 46.5 Å². The Labute approximate surface area is 113 Å². The van der Waals surface area contributed by atoms with Crippen molar-refractivity contribution in [3.8, 4) is 5.75 Å². The molecule has 1 rings (SSSR count). The van der Waals surface area contributed by atoms with Crippen LogP contribution in [-0.2, 0) is 4.74 Å². The molecule has 1 unspecified atom stereocenters. The smallest absolute Gasteiger partial charge is 0.338 e. The van der Waals surface area contributed by atoms with Crippen molar-refractivity contribution in [3.05, 3.63) is 29.8 Å². The maximum absolute atomic E-state index is 13.5. The first kappa shape index (κ1) is 15.5. The van der Waals surface area contributed by atoms with Gasteiger partial charge in [0.15, 0.2) is 0 Å². The van der Waals surface area contributed by atoms with Gasteiger partial charge in [0.25, 0.3) is 0 Å². The zero-order chi connectivity index (χ0) is 14.1. The minimum atomic E-state index is -1.10.